The summed E-state index contributed by atoms with van der Waals surface area (Å²) in [6.07, 6.45) is 5.34. The van der Waals surface area contributed by atoms with Crippen LogP contribution in [0.25, 0.3) is 0 Å². The number of unbranched alkanes of at least 4 members (excludes halogenated alkanes) is 1. The third kappa shape index (κ3) is 7.12. The van der Waals surface area contributed by atoms with Gasteiger partial charge in [0.2, 0.25) is 5.91 Å². The summed E-state index contributed by atoms with van der Waals surface area (Å²) in [6.45, 7) is 0.619. The maximum Gasteiger partial charge on any atom is 0.220 e. The van der Waals surface area contributed by atoms with Gasteiger partial charge < -0.3 is 15.0 Å². The molecule has 1 heterocycles. The highest BCUT2D eigenvalue weighted by Gasteiger charge is 2.17. The van der Waals surface area contributed by atoms with Crippen LogP contribution in [0, 0.1) is 0 Å². The van der Waals surface area contributed by atoms with E-state index in [1.54, 1.807) is 7.11 Å². The number of hydrogen-bond acceptors (Lipinski definition) is 5. The van der Waals surface area contributed by atoms with Crippen LogP contribution in [0.4, 0.5) is 0 Å². The minimum atomic E-state index is 0.144. The molecule has 0 spiro atoms. The second-order valence-corrected chi connectivity index (χ2v) is 9.42. The molecular weight excluding hydrogens is 352 g/mol. The summed E-state index contributed by atoms with van der Waals surface area (Å²) in [5, 5.41) is 3.90. The van der Waals surface area contributed by atoms with Crippen LogP contribution in [-0.2, 0) is 4.79 Å². The Hall–Kier alpha value is -0.850. The van der Waals surface area contributed by atoms with Crippen molar-refractivity contribution >= 4 is 27.5 Å². The summed E-state index contributed by atoms with van der Waals surface area (Å²) in [6, 6.07) is 8.19. The molecule has 1 aromatic rings. The van der Waals surface area contributed by atoms with Gasteiger partial charge in [-0.25, -0.2) is 0 Å². The molecule has 1 fully saturated rings. The van der Waals surface area contributed by atoms with Gasteiger partial charge in [0.1, 0.15) is 5.75 Å². The zero-order valence-electron chi connectivity index (χ0n) is 15.5. The van der Waals surface area contributed by atoms with Gasteiger partial charge in [0.25, 0.3) is 0 Å². The third-order valence-electron chi connectivity index (χ3n) is 4.50. The molecule has 0 aliphatic carbocycles. The zero-order valence-corrected chi connectivity index (χ0v) is 17.1. The predicted octanol–water partition coefficient (Wildman–Crippen LogP) is 4.13. The fourth-order valence-corrected chi connectivity index (χ4v) is 6.00. The fourth-order valence-electron chi connectivity index (χ4n) is 2.97. The normalized spacial score (nSPS) is 18.3. The van der Waals surface area contributed by atoms with E-state index in [1.165, 1.54) is 18.6 Å². The quantitative estimate of drug-likeness (QED) is 0.487. The second-order valence-electron chi connectivity index (χ2n) is 6.63. The van der Waals surface area contributed by atoms with Gasteiger partial charge in [-0.05, 0) is 51.1 Å². The molecule has 4 nitrogen and oxygen atoms in total. The lowest BCUT2D eigenvalue weighted by Crippen LogP contribution is -2.34. The Morgan fingerprint density at radius 2 is 2.24 bits per heavy atom. The Bertz CT molecular complexity index is 534. The van der Waals surface area contributed by atoms with Gasteiger partial charge >= 0.3 is 0 Å². The number of nitrogens with one attached hydrogen (secondary N) is 1. The van der Waals surface area contributed by atoms with Crippen LogP contribution < -0.4 is 10.1 Å². The maximum atomic E-state index is 12.2. The van der Waals surface area contributed by atoms with Crippen molar-refractivity contribution in [2.45, 2.75) is 43.4 Å². The molecule has 2 unspecified atom stereocenters. The average molecular weight is 383 g/mol. The number of hydrogen-bond donors (Lipinski definition) is 1. The van der Waals surface area contributed by atoms with Gasteiger partial charge in [0.15, 0.2) is 0 Å². The minimum Gasteiger partial charge on any atom is -0.497 e. The highest BCUT2D eigenvalue weighted by molar-refractivity contribution is 8.77. The largest absolute Gasteiger partial charge is 0.497 e. The first-order chi connectivity index (χ1) is 12.1. The molecule has 140 valence electrons. The monoisotopic (exact) mass is 382 g/mol. The number of amides is 1. The van der Waals surface area contributed by atoms with Crippen LogP contribution in [0.2, 0.25) is 0 Å². The smallest absolute Gasteiger partial charge is 0.220 e. The Labute approximate surface area is 159 Å². The van der Waals surface area contributed by atoms with E-state index in [0.717, 1.165) is 29.4 Å². The molecule has 0 bridgehead atoms. The number of likely N-dealkylation sites (N-methyl/N-ethyl adjacent to an activating group) is 1. The molecule has 1 amide bonds. The van der Waals surface area contributed by atoms with Crippen molar-refractivity contribution in [2.24, 2.45) is 0 Å². The van der Waals surface area contributed by atoms with Gasteiger partial charge in [-0.15, -0.1) is 0 Å². The maximum absolute atomic E-state index is 12.2. The van der Waals surface area contributed by atoms with Crippen LogP contribution in [0.15, 0.2) is 24.3 Å². The van der Waals surface area contributed by atoms with Crippen molar-refractivity contribution in [2.75, 3.05) is 33.5 Å². The van der Waals surface area contributed by atoms with E-state index < -0.39 is 0 Å². The second kappa shape index (κ2) is 11.0. The summed E-state index contributed by atoms with van der Waals surface area (Å²) < 4.78 is 5.31. The lowest BCUT2D eigenvalue weighted by atomic mass is 10.1. The number of benzene rings is 1. The summed E-state index contributed by atoms with van der Waals surface area (Å²) in [7, 11) is 9.75. The van der Waals surface area contributed by atoms with Crippen LogP contribution in [0.3, 0.4) is 0 Å². The Balaban J connectivity index is 1.73. The number of carbonyl (C=O) groups is 1. The molecule has 1 aliphatic rings. The van der Waals surface area contributed by atoms with Crippen LogP contribution in [-0.4, -0.2) is 49.6 Å². The molecule has 2 atom stereocenters. The molecule has 25 heavy (non-hydrogen) atoms. The topological polar surface area (TPSA) is 41.6 Å². The molecule has 0 aromatic heterocycles. The van der Waals surface area contributed by atoms with Crippen LogP contribution in [0.1, 0.15) is 43.7 Å². The highest BCUT2D eigenvalue weighted by Crippen LogP contribution is 2.39. The van der Waals surface area contributed by atoms with E-state index in [1.807, 2.05) is 53.9 Å². The number of carbonyl (C=O) groups excluding carboxylic acids is 1. The average Bonchev–Trinajstić information content (AvgIpc) is 3.12. The van der Waals surface area contributed by atoms with Gasteiger partial charge in [0, 0.05) is 24.0 Å². The molecule has 0 radical (unpaired) electrons. The molecule has 1 saturated heterocycles. The molecule has 1 aliphatic heterocycles. The Morgan fingerprint density at radius 1 is 1.40 bits per heavy atom. The number of nitrogens with zero attached hydrogens (tertiary/aromatic N) is 1. The van der Waals surface area contributed by atoms with Crippen molar-refractivity contribution in [3.05, 3.63) is 29.8 Å². The van der Waals surface area contributed by atoms with Crippen LogP contribution in [0.5, 0.6) is 5.75 Å². The van der Waals surface area contributed by atoms with E-state index in [9.17, 15) is 4.79 Å². The van der Waals surface area contributed by atoms with Crippen molar-refractivity contribution < 1.29 is 9.53 Å². The summed E-state index contributed by atoms with van der Waals surface area (Å²) >= 11 is 0. The van der Waals surface area contributed by atoms with Crippen molar-refractivity contribution in [3.8, 4) is 5.75 Å². The van der Waals surface area contributed by atoms with Gasteiger partial charge in [-0.1, -0.05) is 40.1 Å². The third-order valence-corrected chi connectivity index (χ3v) is 7.51. The standard InChI is InChI=1S/C19H30N2O2S2/c1-21(2)18(15-7-6-8-16(13-15)23-3)14-20-19(22)10-5-4-9-17-11-12-24-25-17/h6-8,13,17-18H,4-5,9-12,14H2,1-3H3,(H,20,22). The first-order valence-corrected chi connectivity index (χ1v) is 11.3. The molecule has 1 aromatic carbocycles. The lowest BCUT2D eigenvalue weighted by Gasteiger charge is -2.25. The highest BCUT2D eigenvalue weighted by atomic mass is 33.1. The predicted molar refractivity (Wildman–Crippen MR) is 109 cm³/mol. The van der Waals surface area contributed by atoms with Gasteiger partial charge in [-0.3, -0.25) is 4.79 Å². The number of ether oxygens (including phenoxy) is 1. The van der Waals surface area contributed by atoms with Gasteiger partial charge in [-0.2, -0.15) is 0 Å². The number of methoxy groups -OCH3 is 1. The first kappa shape index (κ1) is 20.5. The molecule has 0 saturated carbocycles. The number of rotatable bonds is 10. The SMILES string of the molecule is COc1cccc(C(CNC(=O)CCCCC2CCSS2)N(C)C)c1. The van der Waals surface area contributed by atoms with E-state index in [-0.39, 0.29) is 11.9 Å². The Kier molecular flexibility index (Phi) is 8.99. The van der Waals surface area contributed by atoms with Crippen LogP contribution >= 0.6 is 21.6 Å². The lowest BCUT2D eigenvalue weighted by molar-refractivity contribution is -0.121. The van der Waals surface area contributed by atoms with Gasteiger partial charge in [0.05, 0.1) is 13.2 Å². The molecule has 2 rings (SSSR count). The van der Waals surface area contributed by atoms with E-state index in [2.05, 4.69) is 16.3 Å². The fraction of sp³-hybridized carbons (Fsp3) is 0.632. The summed E-state index contributed by atoms with van der Waals surface area (Å²) in [5.74, 6) is 2.29. The van der Waals surface area contributed by atoms with Crippen molar-refractivity contribution in [1.82, 2.24) is 10.2 Å². The zero-order chi connectivity index (χ0) is 18.1. The summed E-state index contributed by atoms with van der Waals surface area (Å²) in [5.41, 5.74) is 1.15. The Morgan fingerprint density at radius 3 is 2.92 bits per heavy atom. The van der Waals surface area contributed by atoms with Crippen molar-refractivity contribution in [3.63, 3.8) is 0 Å². The molecular formula is C19H30N2O2S2. The van der Waals surface area contributed by atoms with E-state index in [4.69, 9.17) is 4.74 Å². The van der Waals surface area contributed by atoms with E-state index in [0.29, 0.717) is 13.0 Å². The molecule has 6 heteroatoms. The molecule has 1 N–H and O–H groups in total. The van der Waals surface area contributed by atoms with E-state index >= 15 is 0 Å². The minimum absolute atomic E-state index is 0.144. The summed E-state index contributed by atoms with van der Waals surface area (Å²) in [4.78, 5) is 14.3. The first-order valence-electron chi connectivity index (χ1n) is 8.95. The van der Waals surface area contributed by atoms with Crippen molar-refractivity contribution in [1.29, 1.82) is 0 Å².